The molecule has 0 radical (unpaired) electrons. The van der Waals surface area contributed by atoms with Crippen LogP contribution in [-0.4, -0.2) is 16.0 Å². The lowest BCUT2D eigenvalue weighted by molar-refractivity contribution is 0.0939. The molecular weight excluding hydrogens is 298 g/mol. The molecule has 0 aliphatic heterocycles. The summed E-state index contributed by atoms with van der Waals surface area (Å²) >= 11 is 1.74. The molecule has 6 heteroatoms. The van der Waals surface area contributed by atoms with E-state index in [-0.39, 0.29) is 11.9 Å². The molecule has 1 amide bonds. The van der Waals surface area contributed by atoms with E-state index < -0.39 is 0 Å². The fourth-order valence-corrected chi connectivity index (χ4v) is 3.53. The van der Waals surface area contributed by atoms with Crippen molar-refractivity contribution in [3.05, 3.63) is 44.9 Å². The van der Waals surface area contributed by atoms with Crippen molar-refractivity contribution in [2.24, 2.45) is 0 Å². The third-order valence-electron chi connectivity index (χ3n) is 3.67. The molecule has 3 rings (SSSR count). The first-order valence-corrected chi connectivity index (χ1v) is 7.87. The van der Waals surface area contributed by atoms with Gasteiger partial charge in [-0.2, -0.15) is 0 Å². The van der Waals surface area contributed by atoms with Gasteiger partial charge in [0.2, 0.25) is 0 Å². The predicted octanol–water partition coefficient (Wildman–Crippen LogP) is 3.70. The van der Waals surface area contributed by atoms with E-state index in [0.717, 1.165) is 16.6 Å². The molecule has 1 N–H and O–H groups in total. The van der Waals surface area contributed by atoms with Gasteiger partial charge < -0.3 is 9.84 Å². The van der Waals surface area contributed by atoms with Crippen LogP contribution >= 0.6 is 11.3 Å². The largest absolute Gasteiger partial charge is 0.345 e. The Morgan fingerprint density at radius 1 is 1.32 bits per heavy atom. The van der Waals surface area contributed by atoms with E-state index >= 15 is 0 Å². The van der Waals surface area contributed by atoms with E-state index in [9.17, 15) is 4.79 Å². The van der Waals surface area contributed by atoms with Gasteiger partial charge in [-0.3, -0.25) is 4.79 Å². The number of rotatable bonds is 3. The first-order chi connectivity index (χ1) is 10.5. The van der Waals surface area contributed by atoms with Crippen LogP contribution in [-0.2, 0) is 0 Å². The van der Waals surface area contributed by atoms with Crippen LogP contribution in [0.5, 0.6) is 0 Å². The second-order valence-electron chi connectivity index (χ2n) is 5.41. The molecule has 0 saturated carbocycles. The Balaban J connectivity index is 1.83. The number of nitrogens with one attached hydrogen (secondary N) is 1. The van der Waals surface area contributed by atoms with Crippen molar-refractivity contribution in [1.29, 1.82) is 0 Å². The molecule has 0 spiro atoms. The Bertz CT molecular complexity index is 850. The summed E-state index contributed by atoms with van der Waals surface area (Å²) in [5, 5.41) is 7.64. The number of thiophene rings is 1. The molecule has 3 aromatic rings. The fraction of sp³-hybridized carbons (Fsp3) is 0.312. The van der Waals surface area contributed by atoms with Gasteiger partial charge in [-0.25, -0.2) is 4.98 Å². The first kappa shape index (κ1) is 14.7. The van der Waals surface area contributed by atoms with Gasteiger partial charge in [-0.1, -0.05) is 5.16 Å². The normalized spacial score (nSPS) is 12.5. The highest BCUT2D eigenvalue weighted by molar-refractivity contribution is 7.12. The average molecular weight is 315 g/mol. The van der Waals surface area contributed by atoms with E-state index in [2.05, 4.69) is 35.4 Å². The SMILES string of the molecule is Cc1cc(C(C)NC(=O)c2cnc3onc(C)c3c2)c(C)s1. The van der Waals surface area contributed by atoms with E-state index in [1.807, 2.05) is 13.8 Å². The molecule has 3 aromatic heterocycles. The van der Waals surface area contributed by atoms with Crippen molar-refractivity contribution in [3.8, 4) is 0 Å². The topological polar surface area (TPSA) is 68.0 Å². The summed E-state index contributed by atoms with van der Waals surface area (Å²) in [7, 11) is 0. The summed E-state index contributed by atoms with van der Waals surface area (Å²) in [6.45, 7) is 7.96. The van der Waals surface area contributed by atoms with Crippen LogP contribution in [0.15, 0.2) is 22.9 Å². The summed E-state index contributed by atoms with van der Waals surface area (Å²) in [6, 6.07) is 3.84. The minimum atomic E-state index is -0.147. The number of fused-ring (bicyclic) bond motifs is 1. The molecule has 0 aliphatic rings. The highest BCUT2D eigenvalue weighted by Crippen LogP contribution is 2.26. The molecule has 0 saturated heterocycles. The van der Waals surface area contributed by atoms with Crippen LogP contribution in [0.3, 0.4) is 0 Å². The molecule has 22 heavy (non-hydrogen) atoms. The maximum Gasteiger partial charge on any atom is 0.257 e. The lowest BCUT2D eigenvalue weighted by atomic mass is 10.1. The second-order valence-corrected chi connectivity index (χ2v) is 6.87. The van der Waals surface area contributed by atoms with Crippen molar-refractivity contribution < 1.29 is 9.32 Å². The van der Waals surface area contributed by atoms with Crippen LogP contribution in [0.25, 0.3) is 11.1 Å². The number of nitrogens with zero attached hydrogens (tertiary/aromatic N) is 2. The third kappa shape index (κ3) is 2.62. The maximum atomic E-state index is 12.4. The number of aryl methyl sites for hydroxylation is 3. The van der Waals surface area contributed by atoms with Crippen LogP contribution in [0.1, 0.15) is 44.3 Å². The maximum absolute atomic E-state index is 12.4. The molecule has 0 aromatic carbocycles. The molecule has 1 unspecified atom stereocenters. The van der Waals surface area contributed by atoms with E-state index in [0.29, 0.717) is 11.3 Å². The Labute approximate surface area is 132 Å². The number of carbonyl (C=O) groups is 1. The number of pyridine rings is 1. The number of hydrogen-bond acceptors (Lipinski definition) is 5. The van der Waals surface area contributed by atoms with Crippen molar-refractivity contribution in [3.63, 3.8) is 0 Å². The molecule has 5 nitrogen and oxygen atoms in total. The number of aromatic nitrogens is 2. The minimum absolute atomic E-state index is 0.0447. The standard InChI is InChI=1S/C16H17N3O2S/c1-8-5-13(11(4)22-8)9(2)18-15(20)12-6-14-10(3)19-21-16(14)17-7-12/h5-7,9H,1-4H3,(H,18,20). The van der Waals surface area contributed by atoms with Gasteiger partial charge in [-0.15, -0.1) is 11.3 Å². The molecule has 114 valence electrons. The summed E-state index contributed by atoms with van der Waals surface area (Å²) in [5.74, 6) is -0.147. The van der Waals surface area contributed by atoms with E-state index in [1.165, 1.54) is 16.0 Å². The average Bonchev–Trinajstić information content (AvgIpc) is 3.01. The number of hydrogen-bond donors (Lipinski definition) is 1. The van der Waals surface area contributed by atoms with Gasteiger partial charge in [0, 0.05) is 16.0 Å². The van der Waals surface area contributed by atoms with Crippen molar-refractivity contribution in [2.45, 2.75) is 33.7 Å². The molecule has 1 atom stereocenters. The zero-order chi connectivity index (χ0) is 15.9. The van der Waals surface area contributed by atoms with Crippen molar-refractivity contribution >= 4 is 28.3 Å². The first-order valence-electron chi connectivity index (χ1n) is 7.05. The molecule has 0 aliphatic carbocycles. The fourth-order valence-electron chi connectivity index (χ4n) is 2.51. The summed E-state index contributed by atoms with van der Waals surface area (Å²) in [6.07, 6.45) is 1.51. The highest BCUT2D eigenvalue weighted by atomic mass is 32.1. The van der Waals surface area contributed by atoms with E-state index in [1.54, 1.807) is 17.4 Å². The number of carbonyl (C=O) groups excluding carboxylic acids is 1. The third-order valence-corrected chi connectivity index (χ3v) is 4.65. The molecule has 3 heterocycles. The quantitative estimate of drug-likeness (QED) is 0.800. The van der Waals surface area contributed by atoms with Gasteiger partial charge in [0.05, 0.1) is 22.7 Å². The lowest BCUT2D eigenvalue weighted by Crippen LogP contribution is -2.26. The second kappa shape index (κ2) is 5.53. The molecule has 0 bridgehead atoms. The van der Waals surface area contributed by atoms with Crippen LogP contribution in [0.4, 0.5) is 0 Å². The monoisotopic (exact) mass is 315 g/mol. The van der Waals surface area contributed by atoms with Gasteiger partial charge in [0.15, 0.2) is 0 Å². The zero-order valence-electron chi connectivity index (χ0n) is 12.9. The van der Waals surface area contributed by atoms with Gasteiger partial charge in [0.25, 0.3) is 11.6 Å². The zero-order valence-corrected chi connectivity index (χ0v) is 13.7. The predicted molar refractivity (Wildman–Crippen MR) is 86.2 cm³/mol. The van der Waals surface area contributed by atoms with E-state index in [4.69, 9.17) is 4.52 Å². The Morgan fingerprint density at radius 2 is 2.09 bits per heavy atom. The van der Waals surface area contributed by atoms with Gasteiger partial charge >= 0.3 is 0 Å². The summed E-state index contributed by atoms with van der Waals surface area (Å²) in [5.41, 5.74) is 2.85. The minimum Gasteiger partial charge on any atom is -0.345 e. The molecule has 0 fully saturated rings. The Morgan fingerprint density at radius 3 is 2.77 bits per heavy atom. The highest BCUT2D eigenvalue weighted by Gasteiger charge is 2.16. The van der Waals surface area contributed by atoms with Crippen LogP contribution in [0.2, 0.25) is 0 Å². The van der Waals surface area contributed by atoms with Crippen LogP contribution in [0, 0.1) is 20.8 Å². The lowest BCUT2D eigenvalue weighted by Gasteiger charge is -2.13. The van der Waals surface area contributed by atoms with Crippen molar-refractivity contribution in [1.82, 2.24) is 15.5 Å². The smallest absolute Gasteiger partial charge is 0.257 e. The summed E-state index contributed by atoms with van der Waals surface area (Å²) in [4.78, 5) is 19.0. The van der Waals surface area contributed by atoms with Gasteiger partial charge in [-0.05, 0) is 45.4 Å². The van der Waals surface area contributed by atoms with Crippen LogP contribution < -0.4 is 5.32 Å². The Kier molecular flexibility index (Phi) is 3.70. The number of amides is 1. The molecular formula is C16H17N3O2S. The summed E-state index contributed by atoms with van der Waals surface area (Å²) < 4.78 is 5.06. The van der Waals surface area contributed by atoms with Crippen molar-refractivity contribution in [2.75, 3.05) is 0 Å². The Hall–Kier alpha value is -2.21. The van der Waals surface area contributed by atoms with Gasteiger partial charge in [0.1, 0.15) is 0 Å².